The van der Waals surface area contributed by atoms with Crippen molar-refractivity contribution >= 4 is 46.8 Å². The lowest BCUT2D eigenvalue weighted by Gasteiger charge is -2.21. The minimum atomic E-state index is -0.864. The summed E-state index contributed by atoms with van der Waals surface area (Å²) < 4.78 is 21.8. The SMILES string of the molecule is CC(C)C.CCCCCCCCCCCCCCCCCC(=O)OCC(COC(=O)NCCSCCOCCNC(=O)SC(C)(C)CCO)OC(=O)CCCCCCCCCCCCCCCCC. The molecule has 0 aliphatic rings. The van der Waals surface area contributed by atoms with Crippen LogP contribution in [0.3, 0.4) is 0 Å². The molecule has 13 heteroatoms. The van der Waals surface area contributed by atoms with Crippen LogP contribution in [-0.4, -0.2) is 96.9 Å². The van der Waals surface area contributed by atoms with E-state index in [0.29, 0.717) is 44.9 Å². The second-order valence-electron chi connectivity index (χ2n) is 20.2. The van der Waals surface area contributed by atoms with Crippen LogP contribution in [0.15, 0.2) is 0 Å². The van der Waals surface area contributed by atoms with Crippen molar-refractivity contribution in [2.45, 2.75) is 271 Å². The number of rotatable bonds is 49. The maximum atomic E-state index is 12.8. The van der Waals surface area contributed by atoms with Crippen molar-refractivity contribution in [3.63, 3.8) is 0 Å². The highest BCUT2D eigenvalue weighted by Gasteiger charge is 2.22. The van der Waals surface area contributed by atoms with Crippen LogP contribution in [0.1, 0.15) is 260 Å². The van der Waals surface area contributed by atoms with E-state index in [0.717, 1.165) is 50.2 Å². The van der Waals surface area contributed by atoms with E-state index >= 15 is 0 Å². The Morgan fingerprint density at radius 2 is 0.928 bits per heavy atom. The fraction of sp³-hybridized carbons (Fsp3) is 0.929. The Labute approximate surface area is 433 Å². The van der Waals surface area contributed by atoms with Gasteiger partial charge < -0.3 is 34.7 Å². The number of aliphatic hydroxyl groups excluding tert-OH is 1. The molecule has 0 heterocycles. The number of carbonyl (C=O) groups is 4. The van der Waals surface area contributed by atoms with Crippen molar-refractivity contribution in [2.24, 2.45) is 5.92 Å². The molecule has 2 amide bonds. The smallest absolute Gasteiger partial charge is 0.407 e. The van der Waals surface area contributed by atoms with Crippen LogP contribution in [0.2, 0.25) is 0 Å². The highest BCUT2D eigenvalue weighted by atomic mass is 32.2. The first-order valence-corrected chi connectivity index (χ1v) is 30.3. The Kier molecular flexibility index (Phi) is 54.4. The van der Waals surface area contributed by atoms with Gasteiger partial charge in [0.1, 0.15) is 13.2 Å². The van der Waals surface area contributed by atoms with Crippen LogP contribution in [0, 0.1) is 5.92 Å². The predicted molar refractivity (Wildman–Crippen MR) is 295 cm³/mol. The van der Waals surface area contributed by atoms with Crippen LogP contribution in [0.25, 0.3) is 0 Å². The lowest BCUT2D eigenvalue weighted by molar-refractivity contribution is -0.161. The van der Waals surface area contributed by atoms with E-state index in [1.165, 1.54) is 166 Å². The molecule has 0 spiro atoms. The van der Waals surface area contributed by atoms with E-state index in [-0.39, 0.29) is 48.2 Å². The van der Waals surface area contributed by atoms with Crippen LogP contribution in [0.5, 0.6) is 0 Å². The number of nitrogens with one attached hydrogen (secondary N) is 2. The minimum absolute atomic E-state index is 0.0419. The van der Waals surface area contributed by atoms with Crippen LogP contribution in [-0.2, 0) is 28.5 Å². The molecular formula is C56H110N2O9S2. The van der Waals surface area contributed by atoms with Gasteiger partial charge in [-0.25, -0.2) is 4.79 Å². The zero-order valence-corrected chi connectivity index (χ0v) is 47.5. The van der Waals surface area contributed by atoms with Crippen LogP contribution in [0.4, 0.5) is 9.59 Å². The Morgan fingerprint density at radius 3 is 1.36 bits per heavy atom. The molecule has 0 aliphatic heterocycles. The van der Waals surface area contributed by atoms with Crippen molar-refractivity contribution in [1.29, 1.82) is 0 Å². The number of ether oxygens (including phenoxy) is 4. The Morgan fingerprint density at radius 1 is 0.522 bits per heavy atom. The van der Waals surface area contributed by atoms with Gasteiger partial charge in [0.15, 0.2) is 6.10 Å². The molecule has 1 unspecified atom stereocenters. The molecule has 0 aromatic heterocycles. The number of hydrogen-bond acceptors (Lipinski definition) is 11. The number of unbranched alkanes of at least 4 members (excludes halogenated alkanes) is 28. The summed E-state index contributed by atoms with van der Waals surface area (Å²) in [4.78, 5) is 50.0. The van der Waals surface area contributed by atoms with E-state index in [9.17, 15) is 19.2 Å². The van der Waals surface area contributed by atoms with Gasteiger partial charge in [-0.2, -0.15) is 11.8 Å². The standard InChI is InChI=1S/C52H100N2O9S2.C4H10/c1-5-7-9-11-13-15-17-19-21-23-25-27-29-31-33-35-48(56)61-45-47(63-49(57)36-34-32-30-28-26-24-22-20-18-16-14-12-10-8-6-2)46-62-50(58)53-39-43-64-44-42-60-41-38-54-51(59)65-52(3,4)37-40-55;1-4(2)3/h47,55H,5-46H2,1-4H3,(H,53,58)(H,54,59);4H,1-3H3. The number of amides is 2. The molecule has 0 fully saturated rings. The van der Waals surface area contributed by atoms with E-state index in [1.54, 1.807) is 11.8 Å². The van der Waals surface area contributed by atoms with Crippen molar-refractivity contribution < 1.29 is 43.2 Å². The van der Waals surface area contributed by atoms with Crippen molar-refractivity contribution in [2.75, 3.05) is 57.6 Å². The first-order chi connectivity index (χ1) is 33.4. The molecular weight excluding hydrogens is 909 g/mol. The van der Waals surface area contributed by atoms with Gasteiger partial charge in [-0.05, 0) is 25.2 Å². The largest absolute Gasteiger partial charge is 0.462 e. The summed E-state index contributed by atoms with van der Waals surface area (Å²) in [5, 5.41) is 14.5. The molecule has 0 saturated heterocycles. The van der Waals surface area contributed by atoms with Gasteiger partial charge in [-0.1, -0.05) is 240 Å². The predicted octanol–water partition coefficient (Wildman–Crippen LogP) is 15.7. The summed E-state index contributed by atoms with van der Waals surface area (Å²) in [5.74, 6) is 1.52. The van der Waals surface area contributed by atoms with E-state index in [4.69, 9.17) is 24.1 Å². The van der Waals surface area contributed by atoms with E-state index in [1.807, 2.05) is 13.8 Å². The highest BCUT2D eigenvalue weighted by molar-refractivity contribution is 8.14. The lowest BCUT2D eigenvalue weighted by atomic mass is 10.0. The quantitative estimate of drug-likeness (QED) is 0.0304. The van der Waals surface area contributed by atoms with Crippen molar-refractivity contribution in [1.82, 2.24) is 10.6 Å². The molecule has 3 N–H and O–H groups in total. The molecule has 0 radical (unpaired) electrons. The summed E-state index contributed by atoms with van der Waals surface area (Å²) in [6.07, 6.45) is 37.3. The summed E-state index contributed by atoms with van der Waals surface area (Å²) in [5.41, 5.74) is 0. The highest BCUT2D eigenvalue weighted by Crippen LogP contribution is 2.28. The zero-order valence-electron chi connectivity index (χ0n) is 45.9. The second kappa shape index (κ2) is 54.1. The number of thioether (sulfide) groups is 2. The average molecular weight is 1020 g/mol. The summed E-state index contributed by atoms with van der Waals surface area (Å²) in [7, 11) is 0. The maximum Gasteiger partial charge on any atom is 0.407 e. The minimum Gasteiger partial charge on any atom is -0.462 e. The molecule has 11 nitrogen and oxygen atoms in total. The molecule has 0 rings (SSSR count). The normalized spacial score (nSPS) is 11.8. The molecule has 0 bridgehead atoms. The van der Waals surface area contributed by atoms with Crippen molar-refractivity contribution in [3.8, 4) is 0 Å². The number of hydrogen-bond donors (Lipinski definition) is 3. The fourth-order valence-electron chi connectivity index (χ4n) is 7.50. The van der Waals surface area contributed by atoms with Crippen molar-refractivity contribution in [3.05, 3.63) is 0 Å². The Balaban J connectivity index is 0. The molecule has 69 heavy (non-hydrogen) atoms. The Bertz CT molecular complexity index is 1140. The molecule has 0 aromatic carbocycles. The maximum absolute atomic E-state index is 12.8. The first-order valence-electron chi connectivity index (χ1n) is 28.4. The molecule has 0 aromatic rings. The van der Waals surface area contributed by atoms with Gasteiger partial charge in [0, 0.05) is 48.8 Å². The van der Waals surface area contributed by atoms with Gasteiger partial charge in [0.05, 0.1) is 13.2 Å². The molecule has 1 atom stereocenters. The third kappa shape index (κ3) is 58.8. The van der Waals surface area contributed by atoms with E-state index < -0.39 is 12.2 Å². The third-order valence-corrected chi connectivity index (χ3v) is 13.6. The monoisotopic (exact) mass is 1020 g/mol. The lowest BCUT2D eigenvalue weighted by Crippen LogP contribution is -2.34. The molecule has 0 aliphatic carbocycles. The number of carbonyl (C=O) groups excluding carboxylic acids is 4. The van der Waals surface area contributed by atoms with Crippen LogP contribution >= 0.6 is 23.5 Å². The number of aliphatic hydroxyl groups is 1. The van der Waals surface area contributed by atoms with Gasteiger partial charge in [0.2, 0.25) is 0 Å². The number of alkyl carbamates (subject to hydrolysis) is 1. The second-order valence-corrected chi connectivity index (χ2v) is 23.1. The van der Waals surface area contributed by atoms with Gasteiger partial charge in [-0.15, -0.1) is 0 Å². The average Bonchev–Trinajstić information content (AvgIpc) is 3.30. The van der Waals surface area contributed by atoms with Gasteiger partial charge in [0.25, 0.3) is 5.24 Å². The molecule has 410 valence electrons. The third-order valence-electron chi connectivity index (χ3n) is 11.6. The van der Waals surface area contributed by atoms with Gasteiger partial charge >= 0.3 is 18.0 Å². The van der Waals surface area contributed by atoms with Crippen LogP contribution < -0.4 is 10.6 Å². The number of esters is 2. The fourth-order valence-corrected chi connectivity index (χ4v) is 9.06. The summed E-state index contributed by atoms with van der Waals surface area (Å²) in [6.45, 7) is 16.3. The van der Waals surface area contributed by atoms with Gasteiger partial charge in [-0.3, -0.25) is 14.4 Å². The zero-order chi connectivity index (χ0) is 51.3. The topological polar surface area (TPSA) is 149 Å². The van der Waals surface area contributed by atoms with E-state index in [2.05, 4.69) is 45.3 Å². The molecule has 0 saturated carbocycles. The first kappa shape index (κ1) is 69.4. The summed E-state index contributed by atoms with van der Waals surface area (Å²) in [6, 6.07) is 0. The summed E-state index contributed by atoms with van der Waals surface area (Å²) >= 11 is 2.80. The Hall–Kier alpha value is -1.70.